The van der Waals surface area contributed by atoms with Gasteiger partial charge < -0.3 is 9.88 Å². The number of benzene rings is 1. The van der Waals surface area contributed by atoms with Crippen LogP contribution in [0.5, 0.6) is 0 Å². The Labute approximate surface area is 118 Å². The number of fused-ring (bicyclic) bond motifs is 3. The molecule has 3 aliphatic heterocycles. The molecule has 0 amide bonds. The Kier molecular flexibility index (Phi) is 1.82. The average molecular weight is 263 g/mol. The lowest BCUT2D eigenvalue weighted by Gasteiger charge is -2.40. The molecule has 2 bridgehead atoms. The summed E-state index contributed by atoms with van der Waals surface area (Å²) in [6.07, 6.45) is 4.62. The van der Waals surface area contributed by atoms with E-state index in [1.807, 2.05) is 0 Å². The van der Waals surface area contributed by atoms with Gasteiger partial charge in [0.2, 0.25) is 0 Å². The summed E-state index contributed by atoms with van der Waals surface area (Å²) in [5.41, 5.74) is 3.82. The molecule has 100 valence electrons. The predicted molar refractivity (Wildman–Crippen MR) is 79.0 cm³/mol. The summed E-state index contributed by atoms with van der Waals surface area (Å²) in [5, 5.41) is 10.8. The molecule has 3 nitrogen and oxygen atoms in total. The van der Waals surface area contributed by atoms with Crippen molar-refractivity contribution >= 4 is 16.7 Å². The molecule has 0 unspecified atom stereocenters. The van der Waals surface area contributed by atoms with E-state index < -0.39 is 0 Å². The summed E-state index contributed by atoms with van der Waals surface area (Å²) in [5.74, 6) is 2.07. The quantitative estimate of drug-likeness (QED) is 0.856. The molecule has 1 aromatic carbocycles. The summed E-state index contributed by atoms with van der Waals surface area (Å²) in [6, 6.07) is 9.15. The van der Waals surface area contributed by atoms with Gasteiger partial charge in [-0.15, -0.1) is 0 Å². The zero-order valence-corrected chi connectivity index (χ0v) is 11.4. The fourth-order valence-corrected chi connectivity index (χ4v) is 4.14. The highest BCUT2D eigenvalue weighted by atomic mass is 15.2. The maximum Gasteiger partial charge on any atom is 0.110 e. The summed E-state index contributed by atoms with van der Waals surface area (Å²) in [6.45, 7) is 2.39. The van der Waals surface area contributed by atoms with E-state index in [0.717, 1.165) is 18.8 Å². The Morgan fingerprint density at radius 3 is 2.75 bits per heavy atom. The molecular formula is C17H17N3. The lowest BCUT2D eigenvalue weighted by Crippen LogP contribution is -2.38. The van der Waals surface area contributed by atoms with Crippen LogP contribution in [-0.2, 0) is 5.41 Å². The molecule has 0 atom stereocenters. The Balaban J connectivity index is 1.76. The first-order valence-corrected chi connectivity index (χ1v) is 7.63. The van der Waals surface area contributed by atoms with Crippen LogP contribution in [0, 0.1) is 11.3 Å². The molecule has 4 aliphatic rings. The largest absolute Gasteiger partial charge is 0.358 e. The maximum atomic E-state index is 9.41. The van der Waals surface area contributed by atoms with Crippen molar-refractivity contribution in [1.29, 1.82) is 5.26 Å². The van der Waals surface area contributed by atoms with Gasteiger partial charge >= 0.3 is 0 Å². The molecule has 1 saturated heterocycles. The van der Waals surface area contributed by atoms with Crippen LogP contribution < -0.4 is 4.90 Å². The van der Waals surface area contributed by atoms with Crippen molar-refractivity contribution in [3.05, 3.63) is 29.3 Å². The first kappa shape index (κ1) is 10.8. The first-order valence-electron chi connectivity index (χ1n) is 7.63. The van der Waals surface area contributed by atoms with Crippen LogP contribution in [0.3, 0.4) is 0 Å². The molecule has 3 heteroatoms. The van der Waals surface area contributed by atoms with Crippen LogP contribution in [0.2, 0.25) is 0 Å². The number of nitriles is 1. The SMILES string of the molecule is N#CC1(c2ccc3[nH]c4c(c3c2)C2CCN4CC2)CC1. The molecule has 1 aliphatic carbocycles. The van der Waals surface area contributed by atoms with E-state index in [9.17, 15) is 5.26 Å². The minimum atomic E-state index is -0.174. The number of aromatic nitrogens is 1. The van der Waals surface area contributed by atoms with Crippen LogP contribution in [0.1, 0.15) is 42.7 Å². The summed E-state index contributed by atoms with van der Waals surface area (Å²) >= 11 is 0. The van der Waals surface area contributed by atoms with Crippen molar-refractivity contribution in [2.45, 2.75) is 37.0 Å². The normalized spacial score (nSPS) is 22.9. The molecule has 2 aromatic rings. The Morgan fingerprint density at radius 2 is 2.05 bits per heavy atom. The van der Waals surface area contributed by atoms with E-state index in [2.05, 4.69) is 34.2 Å². The van der Waals surface area contributed by atoms with Gasteiger partial charge in [0, 0.05) is 29.6 Å². The van der Waals surface area contributed by atoms with Crippen LogP contribution in [-0.4, -0.2) is 18.1 Å². The van der Waals surface area contributed by atoms with E-state index >= 15 is 0 Å². The maximum absolute atomic E-state index is 9.41. The summed E-state index contributed by atoms with van der Waals surface area (Å²) in [4.78, 5) is 6.10. The second kappa shape index (κ2) is 3.38. The Hall–Kier alpha value is -1.95. The number of nitrogens with one attached hydrogen (secondary N) is 1. The molecule has 2 fully saturated rings. The van der Waals surface area contributed by atoms with Crippen LogP contribution in [0.25, 0.3) is 10.9 Å². The number of rotatable bonds is 1. The third-order valence-electron chi connectivity index (χ3n) is 5.55. The molecule has 1 saturated carbocycles. The van der Waals surface area contributed by atoms with Crippen molar-refractivity contribution in [2.24, 2.45) is 0 Å². The van der Waals surface area contributed by atoms with Gasteiger partial charge in [-0.05, 0) is 49.3 Å². The number of hydrogen-bond acceptors (Lipinski definition) is 2. The highest BCUT2D eigenvalue weighted by molar-refractivity contribution is 5.91. The standard InChI is InChI=1S/C17H17N3/c18-10-17(5-6-17)12-1-2-14-13(9-12)15-11-3-7-20(8-4-11)16(15)19-14/h1-2,9,11,19H,3-8H2. The number of aromatic amines is 1. The first-order chi connectivity index (χ1) is 9.81. The second-order valence-electron chi connectivity index (χ2n) is 6.60. The van der Waals surface area contributed by atoms with Gasteiger partial charge in [0.1, 0.15) is 5.82 Å². The van der Waals surface area contributed by atoms with Gasteiger partial charge in [-0.25, -0.2) is 0 Å². The van der Waals surface area contributed by atoms with Crippen LogP contribution in [0.4, 0.5) is 5.82 Å². The van der Waals surface area contributed by atoms with Crippen molar-refractivity contribution in [1.82, 2.24) is 4.98 Å². The van der Waals surface area contributed by atoms with Gasteiger partial charge in [0.05, 0.1) is 11.5 Å². The number of H-pyrrole nitrogens is 1. The predicted octanol–water partition coefficient (Wildman–Crippen LogP) is 3.42. The molecular weight excluding hydrogens is 246 g/mol. The number of hydrogen-bond donors (Lipinski definition) is 1. The van der Waals surface area contributed by atoms with E-state index in [1.54, 1.807) is 0 Å². The molecule has 0 spiro atoms. The van der Waals surface area contributed by atoms with E-state index in [4.69, 9.17) is 0 Å². The fraction of sp³-hybridized carbons (Fsp3) is 0.471. The molecule has 1 aromatic heterocycles. The van der Waals surface area contributed by atoms with E-state index in [1.165, 1.54) is 53.8 Å². The Bertz CT molecular complexity index is 752. The highest BCUT2D eigenvalue weighted by Crippen LogP contribution is 2.50. The van der Waals surface area contributed by atoms with Crippen molar-refractivity contribution in [3.8, 4) is 6.07 Å². The average Bonchev–Trinajstić information content (AvgIpc) is 3.21. The van der Waals surface area contributed by atoms with Crippen molar-refractivity contribution < 1.29 is 0 Å². The number of anilines is 1. The Morgan fingerprint density at radius 1 is 1.25 bits per heavy atom. The van der Waals surface area contributed by atoms with Crippen LogP contribution >= 0.6 is 0 Å². The molecule has 4 heterocycles. The topological polar surface area (TPSA) is 42.8 Å². The molecule has 0 radical (unpaired) electrons. The zero-order valence-electron chi connectivity index (χ0n) is 11.4. The highest BCUT2D eigenvalue weighted by Gasteiger charge is 2.45. The monoisotopic (exact) mass is 263 g/mol. The summed E-state index contributed by atoms with van der Waals surface area (Å²) < 4.78 is 0. The zero-order chi connectivity index (χ0) is 13.3. The molecule has 6 rings (SSSR count). The van der Waals surface area contributed by atoms with E-state index in [-0.39, 0.29) is 5.41 Å². The fourth-order valence-electron chi connectivity index (χ4n) is 4.14. The third-order valence-corrected chi connectivity index (χ3v) is 5.55. The number of piperidine rings is 1. The van der Waals surface area contributed by atoms with Crippen molar-refractivity contribution in [3.63, 3.8) is 0 Å². The third kappa shape index (κ3) is 1.20. The van der Waals surface area contributed by atoms with E-state index in [0.29, 0.717) is 0 Å². The van der Waals surface area contributed by atoms with Crippen molar-refractivity contribution in [2.75, 3.05) is 18.0 Å². The lowest BCUT2D eigenvalue weighted by molar-refractivity contribution is 0.475. The number of nitrogens with zero attached hydrogens (tertiary/aromatic N) is 2. The minimum absolute atomic E-state index is 0.174. The van der Waals surface area contributed by atoms with Gasteiger partial charge in [-0.1, -0.05) is 6.07 Å². The van der Waals surface area contributed by atoms with Gasteiger partial charge in [0.25, 0.3) is 0 Å². The summed E-state index contributed by atoms with van der Waals surface area (Å²) in [7, 11) is 0. The van der Waals surface area contributed by atoms with Gasteiger partial charge in [-0.2, -0.15) is 5.26 Å². The minimum Gasteiger partial charge on any atom is -0.358 e. The lowest BCUT2D eigenvalue weighted by atomic mass is 9.83. The molecule has 20 heavy (non-hydrogen) atoms. The molecule has 1 N–H and O–H groups in total. The van der Waals surface area contributed by atoms with Gasteiger partial charge in [0.15, 0.2) is 0 Å². The van der Waals surface area contributed by atoms with Crippen LogP contribution in [0.15, 0.2) is 18.2 Å². The van der Waals surface area contributed by atoms with Gasteiger partial charge in [-0.3, -0.25) is 0 Å². The smallest absolute Gasteiger partial charge is 0.110 e. The second-order valence-corrected chi connectivity index (χ2v) is 6.60.